The predicted octanol–water partition coefficient (Wildman–Crippen LogP) is 3.59. The number of carbonyl (C=O) groups is 2. The fraction of sp³-hybridized carbons (Fsp3) is 0.429. The summed E-state index contributed by atoms with van der Waals surface area (Å²) in [4.78, 5) is 34.6. The molecule has 2 heterocycles. The van der Waals surface area contributed by atoms with Crippen molar-refractivity contribution in [3.63, 3.8) is 0 Å². The molecule has 0 radical (unpaired) electrons. The van der Waals surface area contributed by atoms with Gasteiger partial charge in [0.15, 0.2) is 11.4 Å². The second kappa shape index (κ2) is 10.7. The molecule has 1 aliphatic rings. The lowest BCUT2D eigenvalue weighted by atomic mass is 9.89. The van der Waals surface area contributed by atoms with Crippen LogP contribution in [-0.4, -0.2) is 53.0 Å². The molecule has 190 valence electrons. The molecule has 3 rings (SSSR count). The lowest BCUT2D eigenvalue weighted by Crippen LogP contribution is -2.60. The van der Waals surface area contributed by atoms with E-state index in [-0.39, 0.29) is 11.6 Å². The molecule has 1 aliphatic heterocycles. The molecule has 2 aromatic rings. The van der Waals surface area contributed by atoms with Crippen LogP contribution in [-0.2, 0) is 19.9 Å². The van der Waals surface area contributed by atoms with Crippen LogP contribution >= 0.6 is 11.6 Å². The molecule has 8 nitrogen and oxygen atoms in total. The number of aromatic nitrogens is 2. The molecule has 2 atom stereocenters. The minimum Gasteiger partial charge on any atom is -0.406 e. The van der Waals surface area contributed by atoms with E-state index in [2.05, 4.69) is 20.0 Å². The van der Waals surface area contributed by atoms with Gasteiger partial charge in [0.25, 0.3) is 17.4 Å². The van der Waals surface area contributed by atoms with Crippen LogP contribution in [0.3, 0.4) is 0 Å². The summed E-state index contributed by atoms with van der Waals surface area (Å²) in [6.07, 6.45) is -0.756. The summed E-state index contributed by atoms with van der Waals surface area (Å²) in [6, 6.07) is 1.44. The van der Waals surface area contributed by atoms with Gasteiger partial charge in [0.05, 0.1) is 5.69 Å². The Hall–Kier alpha value is -3.06. The molecule has 0 spiro atoms. The monoisotopic (exact) mass is 522 g/mol. The highest BCUT2D eigenvalue weighted by Gasteiger charge is 2.48. The summed E-state index contributed by atoms with van der Waals surface area (Å²) in [7, 11) is 0. The van der Waals surface area contributed by atoms with E-state index in [1.54, 1.807) is 0 Å². The molecule has 1 fully saturated rings. The SMILES string of the molecule is C[C@@](C(=O)NC1CCOCC1)(c1cncnc1)N(C(=O)[C@H](F)Cl)c1ccc(OC(F)(F)F)cc1F. The largest absolute Gasteiger partial charge is 0.573 e. The zero-order chi connectivity index (χ0) is 25.8. The van der Waals surface area contributed by atoms with E-state index in [1.807, 2.05) is 0 Å². The minimum absolute atomic E-state index is 0.0368. The third-order valence-electron chi connectivity index (χ3n) is 5.37. The lowest BCUT2D eigenvalue weighted by molar-refractivity contribution is -0.274. The van der Waals surface area contributed by atoms with Gasteiger partial charge in [0.1, 0.15) is 12.1 Å². The van der Waals surface area contributed by atoms with Crippen molar-refractivity contribution in [2.75, 3.05) is 18.1 Å². The summed E-state index contributed by atoms with van der Waals surface area (Å²) < 4.78 is 75.8. The molecule has 1 saturated heterocycles. The van der Waals surface area contributed by atoms with Crippen LogP contribution in [0.4, 0.5) is 27.6 Å². The number of nitrogens with one attached hydrogen (secondary N) is 1. The van der Waals surface area contributed by atoms with Gasteiger partial charge in [-0.15, -0.1) is 13.2 Å². The van der Waals surface area contributed by atoms with Crippen molar-refractivity contribution in [2.24, 2.45) is 0 Å². The lowest BCUT2D eigenvalue weighted by Gasteiger charge is -2.41. The number of alkyl halides is 5. The zero-order valence-corrected chi connectivity index (χ0v) is 18.9. The summed E-state index contributed by atoms with van der Waals surface area (Å²) in [5, 5.41) is 2.73. The number of anilines is 1. The first-order valence-electron chi connectivity index (χ1n) is 10.2. The summed E-state index contributed by atoms with van der Waals surface area (Å²) in [5.74, 6) is -4.71. The molecule has 2 amide bonds. The Morgan fingerprint density at radius 2 is 1.86 bits per heavy atom. The Bertz CT molecular complexity index is 1050. The second-order valence-corrected chi connectivity index (χ2v) is 8.08. The molecular formula is C21H20ClF5N4O4. The number of amides is 2. The van der Waals surface area contributed by atoms with Crippen LogP contribution in [0, 0.1) is 5.82 Å². The van der Waals surface area contributed by atoms with Gasteiger partial charge in [-0.25, -0.2) is 18.7 Å². The third kappa shape index (κ3) is 6.14. The quantitative estimate of drug-likeness (QED) is 0.441. The van der Waals surface area contributed by atoms with Crippen LogP contribution in [0.15, 0.2) is 36.9 Å². The maximum absolute atomic E-state index is 15.1. The van der Waals surface area contributed by atoms with E-state index in [4.69, 9.17) is 16.3 Å². The molecule has 0 saturated carbocycles. The number of hydrogen-bond acceptors (Lipinski definition) is 6. The van der Waals surface area contributed by atoms with Gasteiger partial charge in [-0.3, -0.25) is 14.5 Å². The number of hydrogen-bond donors (Lipinski definition) is 1. The molecular weight excluding hydrogens is 503 g/mol. The number of rotatable bonds is 7. The first kappa shape index (κ1) is 26.5. The summed E-state index contributed by atoms with van der Waals surface area (Å²) >= 11 is 5.40. The number of benzene rings is 1. The zero-order valence-electron chi connectivity index (χ0n) is 18.2. The van der Waals surface area contributed by atoms with Crippen molar-refractivity contribution in [3.05, 3.63) is 48.3 Å². The topological polar surface area (TPSA) is 93.6 Å². The standard InChI is InChI=1S/C21H20ClF5N4O4/c1-20(12-9-28-11-29-10-12,19(33)30-13-4-6-34-7-5-13)31(18(32)17(22)24)16-3-2-14(8-15(16)23)35-21(25,26)27/h2-3,8-11,13,17H,4-7H2,1H3,(H,30,33)/t17-,20-/m0/s1. The molecule has 14 heteroatoms. The number of nitrogens with zero attached hydrogens (tertiary/aromatic N) is 3. The molecule has 35 heavy (non-hydrogen) atoms. The van der Waals surface area contributed by atoms with Gasteiger partial charge in [0.2, 0.25) is 0 Å². The fourth-order valence-electron chi connectivity index (χ4n) is 3.62. The minimum atomic E-state index is -5.11. The Morgan fingerprint density at radius 3 is 2.40 bits per heavy atom. The molecule has 1 aromatic carbocycles. The van der Waals surface area contributed by atoms with E-state index in [1.165, 1.54) is 6.92 Å². The molecule has 1 N–H and O–H groups in total. The van der Waals surface area contributed by atoms with Gasteiger partial charge in [0, 0.05) is 43.3 Å². The fourth-order valence-corrected chi connectivity index (χ4v) is 3.72. The average Bonchev–Trinajstić information content (AvgIpc) is 2.80. The Labute approximate surface area is 201 Å². The van der Waals surface area contributed by atoms with Gasteiger partial charge in [-0.2, -0.15) is 0 Å². The molecule has 0 unspecified atom stereocenters. The van der Waals surface area contributed by atoms with E-state index in [0.717, 1.165) is 24.8 Å². The third-order valence-corrected chi connectivity index (χ3v) is 5.56. The summed E-state index contributed by atoms with van der Waals surface area (Å²) in [6.45, 7) is 1.92. The maximum atomic E-state index is 15.1. The summed E-state index contributed by atoms with van der Waals surface area (Å²) in [5.41, 5.74) is -5.64. The van der Waals surface area contributed by atoms with Crippen LogP contribution in [0.1, 0.15) is 25.3 Å². The van der Waals surface area contributed by atoms with Crippen LogP contribution in [0.2, 0.25) is 0 Å². The van der Waals surface area contributed by atoms with Gasteiger partial charge in [-0.05, 0) is 31.9 Å². The van der Waals surface area contributed by atoms with E-state index in [9.17, 15) is 27.2 Å². The predicted molar refractivity (Wildman–Crippen MR) is 113 cm³/mol. The first-order chi connectivity index (χ1) is 16.4. The van der Waals surface area contributed by atoms with Crippen molar-refractivity contribution in [3.8, 4) is 5.75 Å². The van der Waals surface area contributed by atoms with Crippen molar-refractivity contribution >= 4 is 29.1 Å². The molecule has 0 bridgehead atoms. The highest BCUT2D eigenvalue weighted by molar-refractivity contribution is 6.32. The number of ether oxygens (including phenoxy) is 2. The van der Waals surface area contributed by atoms with Crippen LogP contribution in [0.25, 0.3) is 0 Å². The van der Waals surface area contributed by atoms with Gasteiger partial charge >= 0.3 is 6.36 Å². The Kier molecular flexibility index (Phi) is 8.11. The van der Waals surface area contributed by atoms with Crippen LogP contribution < -0.4 is 15.0 Å². The van der Waals surface area contributed by atoms with Crippen LogP contribution in [0.5, 0.6) is 5.75 Å². The van der Waals surface area contributed by atoms with E-state index in [0.29, 0.717) is 43.1 Å². The van der Waals surface area contributed by atoms with Crippen molar-refractivity contribution in [2.45, 2.75) is 43.3 Å². The first-order valence-corrected chi connectivity index (χ1v) is 10.7. The number of carbonyl (C=O) groups excluding carboxylic acids is 2. The van der Waals surface area contributed by atoms with Crippen molar-refractivity contribution < 1.29 is 41.0 Å². The normalized spacial score (nSPS) is 17.2. The van der Waals surface area contributed by atoms with Crippen molar-refractivity contribution in [1.29, 1.82) is 0 Å². The highest BCUT2D eigenvalue weighted by atomic mass is 35.5. The smallest absolute Gasteiger partial charge is 0.406 e. The Balaban J connectivity index is 2.13. The maximum Gasteiger partial charge on any atom is 0.573 e. The van der Waals surface area contributed by atoms with E-state index < -0.39 is 46.6 Å². The highest BCUT2D eigenvalue weighted by Crippen LogP contribution is 2.38. The van der Waals surface area contributed by atoms with Gasteiger partial charge in [-0.1, -0.05) is 11.6 Å². The number of halogens is 6. The van der Waals surface area contributed by atoms with Crippen molar-refractivity contribution in [1.82, 2.24) is 15.3 Å². The van der Waals surface area contributed by atoms with Gasteiger partial charge < -0.3 is 14.8 Å². The molecule has 0 aliphatic carbocycles. The van der Waals surface area contributed by atoms with E-state index >= 15 is 4.39 Å². The Morgan fingerprint density at radius 1 is 1.23 bits per heavy atom. The average molecular weight is 523 g/mol. The molecule has 1 aromatic heterocycles. The second-order valence-electron chi connectivity index (χ2n) is 7.69.